The number of rotatable bonds is 52. The summed E-state index contributed by atoms with van der Waals surface area (Å²) in [4.78, 5) is 25.1. The third-order valence-corrected chi connectivity index (χ3v) is 14.2. The van der Waals surface area contributed by atoms with Crippen LogP contribution in [0.3, 0.4) is 0 Å². The number of unbranched alkanes of at least 4 members (excludes halogenated alkanes) is 34. The molecule has 7 atom stereocenters. The number of carbonyl (C=O) groups is 2. The summed E-state index contributed by atoms with van der Waals surface area (Å²) in [6, 6.07) is -0.812. The number of aliphatic hydroxyl groups is 5. The third-order valence-electron chi connectivity index (χ3n) is 14.2. The normalized spacial score (nSPS) is 19.2. The van der Waals surface area contributed by atoms with Crippen molar-refractivity contribution in [1.82, 2.24) is 5.32 Å². The van der Waals surface area contributed by atoms with E-state index in [1.807, 2.05) is 6.08 Å². The number of ether oxygens (including phenoxy) is 3. The van der Waals surface area contributed by atoms with Crippen molar-refractivity contribution >= 4 is 11.9 Å². The number of hydrogen-bond donors (Lipinski definition) is 6. The van der Waals surface area contributed by atoms with Crippen LogP contribution in [-0.2, 0) is 23.8 Å². The molecule has 72 heavy (non-hydrogen) atoms. The smallest absolute Gasteiger partial charge is 0.305 e. The quantitative estimate of drug-likeness (QED) is 0.0195. The fraction of sp³-hybridized carbons (Fsp3) is 0.869. The zero-order valence-electron chi connectivity index (χ0n) is 46.4. The number of carbonyl (C=O) groups excluding carboxylic acids is 2. The lowest BCUT2D eigenvalue weighted by Crippen LogP contribution is -2.60. The molecule has 1 aliphatic rings. The first-order valence-corrected chi connectivity index (χ1v) is 30.3. The number of hydrogen-bond acceptors (Lipinski definition) is 10. The standard InChI is InChI=1S/C61H113NO10/c1-3-5-7-9-11-13-14-15-16-19-23-26-29-33-37-41-45-49-57(66)70-50-46-42-38-34-30-27-24-21-18-17-20-22-25-28-32-36-40-44-48-56(65)62-53(54(64)47-43-39-35-31-12-10-8-6-4-2)52-71-61-60(69)59(68)58(67)55(51-63)72-61/h11,13,15-16,43,47,53-55,58-61,63-64,67-69H,3-10,12,14,17-42,44-46,48-52H2,1-2H3,(H,62,65)/b13-11-,16-15-,47-43+. The van der Waals surface area contributed by atoms with Crippen LogP contribution >= 0.6 is 0 Å². The van der Waals surface area contributed by atoms with Crippen molar-refractivity contribution in [1.29, 1.82) is 0 Å². The SMILES string of the molecule is CCCCC/C=C\C/C=C\CCCCCCCCCC(=O)OCCCCCCCCCCCCCCCCCCCCC(=O)NC(COC1OC(CO)C(O)C(O)C1O)C(O)/C=C/CCCCCCCCC. The van der Waals surface area contributed by atoms with Gasteiger partial charge in [0.05, 0.1) is 32.0 Å². The van der Waals surface area contributed by atoms with Gasteiger partial charge in [-0.1, -0.05) is 237 Å². The first-order valence-electron chi connectivity index (χ1n) is 30.3. The average molecular weight is 1020 g/mol. The summed E-state index contributed by atoms with van der Waals surface area (Å²) in [5, 5.41) is 54.2. The molecule has 1 aliphatic heterocycles. The van der Waals surface area contributed by atoms with Crippen LogP contribution in [0.5, 0.6) is 0 Å². The maximum atomic E-state index is 13.0. The van der Waals surface area contributed by atoms with Gasteiger partial charge in [0.1, 0.15) is 24.4 Å². The van der Waals surface area contributed by atoms with Crippen LogP contribution in [-0.4, -0.2) is 100 Å². The second kappa shape index (κ2) is 51.0. The van der Waals surface area contributed by atoms with Crippen molar-refractivity contribution in [3.05, 3.63) is 36.5 Å². The monoisotopic (exact) mass is 1020 g/mol. The maximum absolute atomic E-state index is 13.0. The van der Waals surface area contributed by atoms with Gasteiger partial charge < -0.3 is 45.1 Å². The highest BCUT2D eigenvalue weighted by Gasteiger charge is 2.44. The number of amides is 1. The molecule has 0 aliphatic carbocycles. The molecule has 0 spiro atoms. The van der Waals surface area contributed by atoms with Crippen LogP contribution in [0.15, 0.2) is 36.5 Å². The minimum absolute atomic E-state index is 0.0165. The molecule has 1 heterocycles. The fourth-order valence-electron chi connectivity index (χ4n) is 9.41. The van der Waals surface area contributed by atoms with Crippen molar-refractivity contribution in [2.24, 2.45) is 0 Å². The van der Waals surface area contributed by atoms with Crippen molar-refractivity contribution in [2.45, 2.75) is 320 Å². The Morgan fingerprint density at radius 3 is 1.43 bits per heavy atom. The zero-order chi connectivity index (χ0) is 52.4. The number of allylic oxidation sites excluding steroid dienone is 5. The second-order valence-corrected chi connectivity index (χ2v) is 21.1. The molecule has 0 aromatic rings. The molecular weight excluding hydrogens is 907 g/mol. The van der Waals surface area contributed by atoms with Gasteiger partial charge in [-0.2, -0.15) is 0 Å². The minimum atomic E-state index is -1.57. The fourth-order valence-corrected chi connectivity index (χ4v) is 9.41. The summed E-state index contributed by atoms with van der Waals surface area (Å²) in [7, 11) is 0. The average Bonchev–Trinajstić information content (AvgIpc) is 3.38. The van der Waals surface area contributed by atoms with E-state index in [1.54, 1.807) is 6.08 Å². The van der Waals surface area contributed by atoms with Crippen molar-refractivity contribution in [3.8, 4) is 0 Å². The molecule has 11 heteroatoms. The molecule has 1 amide bonds. The predicted octanol–water partition coefficient (Wildman–Crippen LogP) is 13.9. The van der Waals surface area contributed by atoms with Gasteiger partial charge in [0.15, 0.2) is 6.29 Å². The number of nitrogens with one attached hydrogen (secondary N) is 1. The summed E-state index contributed by atoms with van der Waals surface area (Å²) >= 11 is 0. The summed E-state index contributed by atoms with van der Waals surface area (Å²) < 4.78 is 16.7. The Morgan fingerprint density at radius 1 is 0.514 bits per heavy atom. The topological polar surface area (TPSA) is 175 Å². The van der Waals surface area contributed by atoms with Gasteiger partial charge in [-0.15, -0.1) is 0 Å². The Morgan fingerprint density at radius 2 is 0.931 bits per heavy atom. The second-order valence-electron chi connectivity index (χ2n) is 21.1. The Hall–Kier alpha value is -2.12. The van der Waals surface area contributed by atoms with E-state index in [4.69, 9.17) is 14.2 Å². The van der Waals surface area contributed by atoms with E-state index in [-0.39, 0.29) is 18.5 Å². The van der Waals surface area contributed by atoms with E-state index in [0.717, 1.165) is 70.6 Å². The van der Waals surface area contributed by atoms with Gasteiger partial charge in [-0.3, -0.25) is 9.59 Å². The molecule has 422 valence electrons. The van der Waals surface area contributed by atoms with Crippen LogP contribution < -0.4 is 5.32 Å². The molecule has 1 fully saturated rings. The summed E-state index contributed by atoms with van der Waals surface area (Å²) in [6.07, 6.45) is 52.4. The molecule has 7 unspecified atom stereocenters. The van der Waals surface area contributed by atoms with Crippen LogP contribution in [0, 0.1) is 0 Å². The van der Waals surface area contributed by atoms with Crippen LogP contribution in [0.25, 0.3) is 0 Å². The molecule has 0 radical (unpaired) electrons. The van der Waals surface area contributed by atoms with E-state index < -0.39 is 49.5 Å². The summed E-state index contributed by atoms with van der Waals surface area (Å²) in [5.74, 6) is -0.205. The van der Waals surface area contributed by atoms with E-state index in [9.17, 15) is 35.1 Å². The van der Waals surface area contributed by atoms with Crippen LogP contribution in [0.2, 0.25) is 0 Å². The molecular formula is C61H113NO10. The van der Waals surface area contributed by atoms with Crippen LogP contribution in [0.4, 0.5) is 0 Å². The molecule has 11 nitrogen and oxygen atoms in total. The lowest BCUT2D eigenvalue weighted by molar-refractivity contribution is -0.302. The summed E-state index contributed by atoms with van der Waals surface area (Å²) in [6.45, 7) is 4.28. The lowest BCUT2D eigenvalue weighted by atomic mass is 9.99. The minimum Gasteiger partial charge on any atom is -0.466 e. The molecule has 0 bridgehead atoms. The van der Waals surface area contributed by atoms with E-state index in [2.05, 4.69) is 43.5 Å². The third kappa shape index (κ3) is 40.2. The molecule has 0 aromatic heterocycles. The van der Waals surface area contributed by atoms with Gasteiger partial charge in [0.25, 0.3) is 0 Å². The van der Waals surface area contributed by atoms with Gasteiger partial charge >= 0.3 is 5.97 Å². The molecule has 0 saturated carbocycles. The van der Waals surface area contributed by atoms with Crippen molar-refractivity contribution < 1.29 is 49.3 Å². The number of esters is 1. The molecule has 1 saturated heterocycles. The van der Waals surface area contributed by atoms with E-state index >= 15 is 0 Å². The highest BCUT2D eigenvalue weighted by molar-refractivity contribution is 5.76. The van der Waals surface area contributed by atoms with E-state index in [1.165, 1.54) is 180 Å². The van der Waals surface area contributed by atoms with Crippen LogP contribution in [0.1, 0.15) is 277 Å². The highest BCUT2D eigenvalue weighted by Crippen LogP contribution is 2.23. The maximum Gasteiger partial charge on any atom is 0.305 e. The Labute approximate surface area is 441 Å². The van der Waals surface area contributed by atoms with E-state index in [0.29, 0.717) is 19.4 Å². The Bertz CT molecular complexity index is 1290. The van der Waals surface area contributed by atoms with Gasteiger partial charge in [0.2, 0.25) is 5.91 Å². The first-order chi connectivity index (χ1) is 35.2. The van der Waals surface area contributed by atoms with Gasteiger partial charge in [-0.05, 0) is 64.2 Å². The molecule has 6 N–H and O–H groups in total. The zero-order valence-corrected chi connectivity index (χ0v) is 46.4. The Balaban J connectivity index is 2.00. The lowest BCUT2D eigenvalue weighted by Gasteiger charge is -2.40. The molecule has 0 aromatic carbocycles. The Kier molecular flexibility index (Phi) is 48.1. The largest absolute Gasteiger partial charge is 0.466 e. The number of aliphatic hydroxyl groups excluding tert-OH is 5. The van der Waals surface area contributed by atoms with Crippen molar-refractivity contribution in [2.75, 3.05) is 19.8 Å². The summed E-state index contributed by atoms with van der Waals surface area (Å²) in [5.41, 5.74) is 0. The molecule has 1 rings (SSSR count). The van der Waals surface area contributed by atoms with Crippen molar-refractivity contribution in [3.63, 3.8) is 0 Å². The predicted molar refractivity (Wildman–Crippen MR) is 297 cm³/mol. The van der Waals surface area contributed by atoms with Gasteiger partial charge in [-0.25, -0.2) is 0 Å². The highest BCUT2D eigenvalue weighted by atomic mass is 16.7. The first kappa shape index (κ1) is 67.9. The van der Waals surface area contributed by atoms with Gasteiger partial charge in [0, 0.05) is 12.8 Å².